The molecule has 6 nitrogen and oxygen atoms in total. The van der Waals surface area contributed by atoms with Gasteiger partial charge in [-0.3, -0.25) is 4.79 Å². The predicted octanol–water partition coefficient (Wildman–Crippen LogP) is 1.51. The number of thioether (sulfide) groups is 1. The van der Waals surface area contributed by atoms with Crippen molar-refractivity contribution < 1.29 is 9.63 Å². The van der Waals surface area contributed by atoms with Crippen LogP contribution in [0.1, 0.15) is 11.1 Å². The van der Waals surface area contributed by atoms with Gasteiger partial charge in [0, 0.05) is 11.8 Å². The fourth-order valence-electron chi connectivity index (χ4n) is 1.97. The Balaban J connectivity index is 1.63. The summed E-state index contributed by atoms with van der Waals surface area (Å²) >= 11 is 1.27. The zero-order valence-electron chi connectivity index (χ0n) is 11.3. The van der Waals surface area contributed by atoms with Crippen LogP contribution in [0.2, 0.25) is 0 Å². The first kappa shape index (κ1) is 13.7. The first-order valence-corrected chi connectivity index (χ1v) is 7.37. The van der Waals surface area contributed by atoms with Crippen LogP contribution in [0.15, 0.2) is 40.3 Å². The van der Waals surface area contributed by atoms with Crippen LogP contribution in [-0.2, 0) is 11.3 Å². The number of aryl methyl sites for hydroxylation is 1. The van der Waals surface area contributed by atoms with Crippen LogP contribution in [0.25, 0.3) is 0 Å². The van der Waals surface area contributed by atoms with Gasteiger partial charge in [0.05, 0.1) is 17.3 Å². The third-order valence-corrected chi connectivity index (χ3v) is 4.17. The number of rotatable bonds is 3. The normalized spacial score (nSPS) is 12.9. The van der Waals surface area contributed by atoms with E-state index in [4.69, 9.17) is 4.84 Å². The molecule has 1 aromatic carbocycles. The van der Waals surface area contributed by atoms with E-state index in [1.807, 2.05) is 31.2 Å². The first-order valence-electron chi connectivity index (χ1n) is 6.38. The molecule has 0 fully saturated rings. The Morgan fingerprint density at radius 1 is 1.48 bits per heavy atom. The molecule has 0 radical (unpaired) electrons. The number of benzene rings is 1. The lowest BCUT2D eigenvalue weighted by Gasteiger charge is -2.14. The van der Waals surface area contributed by atoms with Gasteiger partial charge in [0.25, 0.3) is 5.91 Å². The van der Waals surface area contributed by atoms with Crippen LogP contribution in [0.3, 0.4) is 0 Å². The predicted molar refractivity (Wildman–Crippen MR) is 77.9 cm³/mol. The highest BCUT2D eigenvalue weighted by Gasteiger charge is 2.25. The number of carbonyl (C=O) groups is 1. The largest absolute Gasteiger partial charge is 0.376 e. The fraction of sp³-hybridized carbons (Fsp3) is 0.214. The molecule has 1 aliphatic rings. The van der Waals surface area contributed by atoms with Crippen molar-refractivity contribution in [3.8, 4) is 5.75 Å². The van der Waals surface area contributed by atoms with Crippen molar-refractivity contribution in [2.75, 3.05) is 5.75 Å². The number of amides is 1. The third kappa shape index (κ3) is 2.92. The van der Waals surface area contributed by atoms with E-state index in [2.05, 4.69) is 9.97 Å². The van der Waals surface area contributed by atoms with E-state index in [0.29, 0.717) is 17.3 Å². The van der Waals surface area contributed by atoms with Crippen LogP contribution < -0.4 is 10.5 Å². The summed E-state index contributed by atoms with van der Waals surface area (Å²) in [6.07, 6.45) is 1.49. The smallest absolute Gasteiger partial charge is 0.345 e. The molecule has 1 amide bonds. The van der Waals surface area contributed by atoms with E-state index < -0.39 is 5.69 Å². The van der Waals surface area contributed by atoms with E-state index in [1.165, 1.54) is 23.0 Å². The minimum absolute atomic E-state index is 0.145. The van der Waals surface area contributed by atoms with Gasteiger partial charge in [0.1, 0.15) is 0 Å². The molecule has 1 aromatic heterocycles. The summed E-state index contributed by atoms with van der Waals surface area (Å²) in [6.45, 7) is 2.28. The Kier molecular flexibility index (Phi) is 3.66. The van der Waals surface area contributed by atoms with Gasteiger partial charge in [-0.25, -0.2) is 9.78 Å². The van der Waals surface area contributed by atoms with Crippen LogP contribution >= 0.6 is 11.8 Å². The van der Waals surface area contributed by atoms with Gasteiger partial charge in [0.2, 0.25) is 0 Å². The summed E-state index contributed by atoms with van der Waals surface area (Å²) in [5.41, 5.74) is 1.41. The number of carbonyl (C=O) groups excluding carboxylic acids is 1. The second-order valence-electron chi connectivity index (χ2n) is 4.62. The van der Waals surface area contributed by atoms with Crippen LogP contribution in [0.4, 0.5) is 0 Å². The van der Waals surface area contributed by atoms with Gasteiger partial charge >= 0.3 is 5.69 Å². The molecule has 0 spiro atoms. The molecule has 108 valence electrons. The minimum atomic E-state index is -0.416. The van der Waals surface area contributed by atoms with Gasteiger partial charge in [0.15, 0.2) is 5.75 Å². The summed E-state index contributed by atoms with van der Waals surface area (Å²) in [6, 6.07) is 7.54. The number of nitrogens with one attached hydrogen (secondary N) is 1. The summed E-state index contributed by atoms with van der Waals surface area (Å²) in [5, 5.41) is 1.99. The molecule has 7 heteroatoms. The maximum absolute atomic E-state index is 12.2. The number of hydroxylamine groups is 2. The summed E-state index contributed by atoms with van der Waals surface area (Å²) in [7, 11) is 0. The molecule has 2 aromatic rings. The number of para-hydroxylation sites is 1. The summed E-state index contributed by atoms with van der Waals surface area (Å²) in [4.78, 5) is 35.1. The Morgan fingerprint density at radius 3 is 3.10 bits per heavy atom. The lowest BCUT2D eigenvalue weighted by Crippen LogP contribution is -2.31. The van der Waals surface area contributed by atoms with Crippen molar-refractivity contribution in [2.24, 2.45) is 0 Å². The van der Waals surface area contributed by atoms with Crippen molar-refractivity contribution in [3.05, 3.63) is 52.1 Å². The molecule has 0 bridgehead atoms. The van der Waals surface area contributed by atoms with Crippen LogP contribution in [0.5, 0.6) is 5.75 Å². The lowest BCUT2D eigenvalue weighted by atomic mass is 10.2. The van der Waals surface area contributed by atoms with Gasteiger partial charge in [-0.1, -0.05) is 30.0 Å². The van der Waals surface area contributed by atoms with E-state index in [-0.39, 0.29) is 11.7 Å². The topological polar surface area (TPSA) is 75.3 Å². The zero-order chi connectivity index (χ0) is 14.8. The maximum Gasteiger partial charge on any atom is 0.345 e. The molecule has 0 saturated carbocycles. The Labute approximate surface area is 125 Å². The molecule has 21 heavy (non-hydrogen) atoms. The number of aromatic nitrogens is 2. The van der Waals surface area contributed by atoms with Crippen molar-refractivity contribution in [1.82, 2.24) is 15.0 Å². The van der Waals surface area contributed by atoms with Gasteiger partial charge in [-0.05, 0) is 18.6 Å². The standard InChI is InChI=1S/C14H13N3O3S/c1-9-6-15-14(19)16-13(9)21-8-12(18)17-7-10-4-2-3-5-11(10)20-17/h2-6H,7-8H2,1H3,(H,15,16,19). The molecule has 0 unspecified atom stereocenters. The number of hydrogen-bond donors (Lipinski definition) is 1. The maximum atomic E-state index is 12.2. The van der Waals surface area contributed by atoms with Crippen LogP contribution in [-0.4, -0.2) is 26.7 Å². The minimum Gasteiger partial charge on any atom is -0.376 e. The summed E-state index contributed by atoms with van der Waals surface area (Å²) < 4.78 is 0. The number of nitrogens with zero attached hydrogens (tertiary/aromatic N) is 2. The lowest BCUT2D eigenvalue weighted by molar-refractivity contribution is -0.151. The number of fused-ring (bicyclic) bond motifs is 1. The van der Waals surface area contributed by atoms with Gasteiger partial charge < -0.3 is 9.82 Å². The van der Waals surface area contributed by atoms with E-state index >= 15 is 0 Å². The molecule has 0 saturated heterocycles. The van der Waals surface area contributed by atoms with Crippen molar-refractivity contribution in [1.29, 1.82) is 0 Å². The number of hydrogen-bond acceptors (Lipinski definition) is 5. The van der Waals surface area contributed by atoms with Crippen molar-refractivity contribution >= 4 is 17.7 Å². The third-order valence-electron chi connectivity index (χ3n) is 3.07. The van der Waals surface area contributed by atoms with Gasteiger partial charge in [-0.15, -0.1) is 0 Å². The Morgan fingerprint density at radius 2 is 2.29 bits per heavy atom. The second-order valence-corrected chi connectivity index (χ2v) is 5.60. The zero-order valence-corrected chi connectivity index (χ0v) is 12.1. The van der Waals surface area contributed by atoms with E-state index in [9.17, 15) is 9.59 Å². The molecule has 1 N–H and O–H groups in total. The van der Waals surface area contributed by atoms with Gasteiger partial charge in [-0.2, -0.15) is 5.06 Å². The number of aromatic amines is 1. The fourth-order valence-corrected chi connectivity index (χ4v) is 2.82. The highest BCUT2D eigenvalue weighted by molar-refractivity contribution is 7.99. The van der Waals surface area contributed by atoms with Crippen LogP contribution in [0, 0.1) is 6.92 Å². The quantitative estimate of drug-likeness (QED) is 0.687. The molecular formula is C14H13N3O3S. The highest BCUT2D eigenvalue weighted by Crippen LogP contribution is 2.28. The van der Waals surface area contributed by atoms with E-state index in [0.717, 1.165) is 11.1 Å². The monoisotopic (exact) mass is 303 g/mol. The first-order chi connectivity index (χ1) is 10.1. The Hall–Kier alpha value is -2.28. The molecule has 1 aliphatic heterocycles. The molecule has 0 atom stereocenters. The van der Waals surface area contributed by atoms with Crippen molar-refractivity contribution in [3.63, 3.8) is 0 Å². The average molecular weight is 303 g/mol. The SMILES string of the molecule is Cc1cnc(=O)[nH]c1SCC(=O)N1Cc2ccccc2O1. The highest BCUT2D eigenvalue weighted by atomic mass is 32.2. The van der Waals surface area contributed by atoms with Crippen molar-refractivity contribution in [2.45, 2.75) is 18.5 Å². The van der Waals surface area contributed by atoms with E-state index in [1.54, 1.807) is 0 Å². The molecule has 2 heterocycles. The molecular weight excluding hydrogens is 290 g/mol. The second kappa shape index (κ2) is 5.61. The summed E-state index contributed by atoms with van der Waals surface area (Å²) in [5.74, 6) is 0.756. The molecule has 0 aliphatic carbocycles. The Bertz CT molecular complexity index is 719. The average Bonchev–Trinajstić information content (AvgIpc) is 2.92. The number of H-pyrrole nitrogens is 1. The molecule has 3 rings (SSSR count).